The van der Waals surface area contributed by atoms with Crippen molar-refractivity contribution in [1.29, 1.82) is 0 Å². The number of nitrogens with one attached hydrogen (secondary N) is 1. The highest BCUT2D eigenvalue weighted by Crippen LogP contribution is 2.29. The maximum atomic E-state index is 12.7. The second-order valence-electron chi connectivity index (χ2n) is 4.56. The molecule has 0 aliphatic carbocycles. The number of nitrogen functional groups attached to an aromatic ring is 1. The Bertz CT molecular complexity index is 794. The molecule has 0 aliphatic rings. The van der Waals surface area contributed by atoms with E-state index in [1.54, 1.807) is 10.6 Å². The highest BCUT2D eigenvalue weighted by atomic mass is 19.4. The molecule has 2 aromatic heterocycles. The van der Waals surface area contributed by atoms with Crippen LogP contribution in [-0.4, -0.2) is 15.0 Å². The molecule has 0 radical (unpaired) electrons. The molecule has 0 bridgehead atoms. The molecule has 0 amide bonds. The topological polar surface area (TPSA) is 71.5 Å². The molecule has 108 valence electrons. The molecule has 0 aliphatic heterocycles. The fourth-order valence-electron chi connectivity index (χ4n) is 2.10. The Kier molecular flexibility index (Phi) is 3.00. The monoisotopic (exact) mass is 294 g/mol. The number of nitrogens with two attached hydrogens (primary N) is 1. The highest BCUT2D eigenvalue weighted by molar-refractivity contribution is 5.78. The molecule has 0 saturated heterocycles. The fourth-order valence-corrected chi connectivity index (χ4v) is 2.10. The van der Waals surface area contributed by atoms with Gasteiger partial charge in [0.05, 0.1) is 12.1 Å². The summed E-state index contributed by atoms with van der Waals surface area (Å²) in [4.78, 5) is 11.0. The summed E-state index contributed by atoms with van der Waals surface area (Å²) in [6.45, 7) is 0.221. The average Bonchev–Trinajstić information content (AvgIpc) is 2.92. The number of alkyl halides is 3. The van der Waals surface area contributed by atoms with Crippen molar-refractivity contribution in [3.8, 4) is 0 Å². The van der Waals surface area contributed by atoms with Crippen LogP contribution in [0.1, 0.15) is 11.1 Å². The number of imidazole rings is 1. The van der Waals surface area contributed by atoms with E-state index >= 15 is 0 Å². The van der Waals surface area contributed by atoms with Gasteiger partial charge in [-0.1, -0.05) is 22.1 Å². The van der Waals surface area contributed by atoms with E-state index in [0.717, 1.165) is 12.1 Å². The number of anilines is 1. The first-order valence-electron chi connectivity index (χ1n) is 6.08. The molecule has 21 heavy (non-hydrogen) atoms. The van der Waals surface area contributed by atoms with E-state index in [2.05, 4.69) is 15.0 Å². The molecule has 8 heteroatoms. The SMILES string of the molecule is Nc1nc[n+](Cc2cccc(C(F)(F)F)c2)c2nc[nH]c12. The van der Waals surface area contributed by atoms with E-state index in [1.165, 1.54) is 18.7 Å². The van der Waals surface area contributed by atoms with Crippen molar-refractivity contribution in [2.24, 2.45) is 0 Å². The van der Waals surface area contributed by atoms with Crippen LogP contribution in [0.25, 0.3) is 11.2 Å². The third kappa shape index (κ3) is 2.51. The second-order valence-corrected chi connectivity index (χ2v) is 4.56. The van der Waals surface area contributed by atoms with E-state index in [-0.39, 0.29) is 6.54 Å². The largest absolute Gasteiger partial charge is 0.416 e. The molecule has 1 aromatic carbocycles. The van der Waals surface area contributed by atoms with E-state index in [1.807, 2.05) is 0 Å². The van der Waals surface area contributed by atoms with Crippen LogP contribution < -0.4 is 10.3 Å². The highest BCUT2D eigenvalue weighted by Gasteiger charge is 2.30. The Morgan fingerprint density at radius 2 is 2.05 bits per heavy atom. The number of fused-ring (bicyclic) bond motifs is 1. The van der Waals surface area contributed by atoms with Crippen LogP contribution in [0.2, 0.25) is 0 Å². The molecule has 3 N–H and O–H groups in total. The number of halogens is 3. The minimum Gasteiger partial charge on any atom is -0.368 e. The maximum absolute atomic E-state index is 12.7. The smallest absolute Gasteiger partial charge is 0.368 e. The zero-order chi connectivity index (χ0) is 15.0. The van der Waals surface area contributed by atoms with E-state index in [9.17, 15) is 13.2 Å². The first kappa shape index (κ1) is 13.3. The van der Waals surface area contributed by atoms with E-state index in [4.69, 9.17) is 5.73 Å². The number of aromatic nitrogens is 4. The number of nitrogens with zero attached hydrogens (tertiary/aromatic N) is 3. The molecule has 0 saturated carbocycles. The van der Waals surface area contributed by atoms with Gasteiger partial charge in [-0.05, 0) is 17.7 Å². The summed E-state index contributed by atoms with van der Waals surface area (Å²) in [6, 6.07) is 5.16. The lowest BCUT2D eigenvalue weighted by atomic mass is 10.1. The van der Waals surface area contributed by atoms with Crippen LogP contribution in [0.3, 0.4) is 0 Å². The van der Waals surface area contributed by atoms with Gasteiger partial charge in [0.25, 0.3) is 5.65 Å². The number of hydrogen-bond acceptors (Lipinski definition) is 3. The van der Waals surface area contributed by atoms with Crippen molar-refractivity contribution in [1.82, 2.24) is 15.0 Å². The van der Waals surface area contributed by atoms with Crippen molar-refractivity contribution in [3.05, 3.63) is 48.0 Å². The number of H-pyrrole nitrogens is 1. The number of hydrogen-bond donors (Lipinski definition) is 2. The van der Waals surface area contributed by atoms with E-state index in [0.29, 0.717) is 22.5 Å². The molecular weight excluding hydrogens is 283 g/mol. The Hall–Kier alpha value is -2.64. The molecule has 2 heterocycles. The average molecular weight is 294 g/mol. The summed E-state index contributed by atoms with van der Waals surface area (Å²) in [6.07, 6.45) is -1.44. The minimum atomic E-state index is -4.36. The van der Waals surface area contributed by atoms with Crippen LogP contribution in [-0.2, 0) is 12.7 Å². The minimum absolute atomic E-state index is 0.221. The Balaban J connectivity index is 1.99. The van der Waals surface area contributed by atoms with Gasteiger partial charge in [0.1, 0.15) is 0 Å². The van der Waals surface area contributed by atoms with Crippen molar-refractivity contribution >= 4 is 17.0 Å². The van der Waals surface area contributed by atoms with Gasteiger partial charge in [0.15, 0.2) is 11.8 Å². The van der Waals surface area contributed by atoms with Crippen molar-refractivity contribution in [3.63, 3.8) is 0 Å². The van der Waals surface area contributed by atoms with Gasteiger partial charge in [-0.3, -0.25) is 0 Å². The van der Waals surface area contributed by atoms with Crippen LogP contribution >= 0.6 is 0 Å². The molecule has 3 aromatic rings. The maximum Gasteiger partial charge on any atom is 0.416 e. The lowest BCUT2D eigenvalue weighted by Crippen LogP contribution is -2.36. The van der Waals surface area contributed by atoms with Crippen molar-refractivity contribution in [2.45, 2.75) is 12.7 Å². The summed E-state index contributed by atoms with van der Waals surface area (Å²) in [5.74, 6) is 0.294. The fraction of sp³-hybridized carbons (Fsp3) is 0.154. The molecule has 0 spiro atoms. The first-order valence-corrected chi connectivity index (χ1v) is 6.08. The summed E-state index contributed by atoms with van der Waals surface area (Å²) >= 11 is 0. The van der Waals surface area contributed by atoms with Gasteiger partial charge in [-0.2, -0.15) is 13.2 Å². The number of benzene rings is 1. The summed E-state index contributed by atoms with van der Waals surface area (Å²) in [5.41, 5.74) is 6.63. The quantitative estimate of drug-likeness (QED) is 0.709. The standard InChI is InChI=1S/C13H10F3N5/c14-13(15,16)9-3-1-2-8(4-9)5-21-7-20-11(17)10-12(21)19-6-18-10/h1-4,6-7H,5H2,(H2,17,18,19)/p+1. The van der Waals surface area contributed by atoms with Crippen LogP contribution in [0, 0.1) is 0 Å². The molecule has 3 rings (SSSR count). The van der Waals surface area contributed by atoms with Gasteiger partial charge in [0.2, 0.25) is 12.1 Å². The van der Waals surface area contributed by atoms with Gasteiger partial charge < -0.3 is 10.7 Å². The summed E-state index contributed by atoms with van der Waals surface area (Å²) in [7, 11) is 0. The second kappa shape index (κ2) is 4.72. The zero-order valence-corrected chi connectivity index (χ0v) is 10.7. The van der Waals surface area contributed by atoms with Crippen molar-refractivity contribution in [2.75, 3.05) is 5.73 Å². The van der Waals surface area contributed by atoms with Crippen molar-refractivity contribution < 1.29 is 17.7 Å². The van der Waals surface area contributed by atoms with Gasteiger partial charge in [-0.25, -0.2) is 4.57 Å². The lowest BCUT2D eigenvalue weighted by Gasteiger charge is -2.08. The normalized spacial score (nSPS) is 12.0. The van der Waals surface area contributed by atoms with Crippen LogP contribution in [0.4, 0.5) is 19.0 Å². The number of rotatable bonds is 2. The predicted octanol–water partition coefficient (Wildman–Crippen LogP) is 1.89. The van der Waals surface area contributed by atoms with Crippen LogP contribution in [0.15, 0.2) is 36.9 Å². The Morgan fingerprint density at radius 3 is 2.81 bits per heavy atom. The third-order valence-electron chi connectivity index (χ3n) is 3.09. The number of aromatic amines is 1. The Labute approximate surface area is 117 Å². The first-order chi connectivity index (χ1) is 9.95. The molecular formula is C13H11F3N5+. The summed E-state index contributed by atoms with van der Waals surface area (Å²) in [5, 5.41) is 0. The van der Waals surface area contributed by atoms with E-state index < -0.39 is 11.7 Å². The molecule has 5 nitrogen and oxygen atoms in total. The summed E-state index contributed by atoms with van der Waals surface area (Å²) < 4.78 is 39.8. The zero-order valence-electron chi connectivity index (χ0n) is 10.7. The van der Waals surface area contributed by atoms with Crippen LogP contribution in [0.5, 0.6) is 0 Å². The molecule has 0 atom stereocenters. The lowest BCUT2D eigenvalue weighted by molar-refractivity contribution is -0.667. The Morgan fingerprint density at radius 1 is 1.24 bits per heavy atom. The van der Waals surface area contributed by atoms with Gasteiger partial charge >= 0.3 is 6.18 Å². The van der Waals surface area contributed by atoms with Gasteiger partial charge in [-0.15, -0.1) is 0 Å². The third-order valence-corrected chi connectivity index (χ3v) is 3.09. The predicted molar refractivity (Wildman–Crippen MR) is 69.0 cm³/mol. The van der Waals surface area contributed by atoms with Gasteiger partial charge in [0, 0.05) is 0 Å². The molecule has 0 fully saturated rings. The molecule has 0 unspecified atom stereocenters.